The molecule has 1 aliphatic rings. The SMILES string of the molecule is NCCCC(=O)N1CCc2[nH]c3ccccc3c2C1. The fourth-order valence-corrected chi connectivity index (χ4v) is 2.79. The van der Waals surface area contributed by atoms with Crippen molar-refractivity contribution >= 4 is 16.8 Å². The van der Waals surface area contributed by atoms with Crippen molar-refractivity contribution < 1.29 is 4.79 Å². The first-order valence-corrected chi connectivity index (χ1v) is 6.86. The molecule has 0 radical (unpaired) electrons. The van der Waals surface area contributed by atoms with E-state index in [1.807, 2.05) is 17.0 Å². The molecular formula is C15H19N3O. The molecule has 0 saturated heterocycles. The Hall–Kier alpha value is -1.81. The fraction of sp³-hybridized carbons (Fsp3) is 0.400. The molecule has 3 rings (SSSR count). The largest absolute Gasteiger partial charge is 0.358 e. The zero-order chi connectivity index (χ0) is 13.2. The van der Waals surface area contributed by atoms with E-state index in [1.165, 1.54) is 22.2 Å². The molecule has 2 heterocycles. The Morgan fingerprint density at radius 3 is 3.05 bits per heavy atom. The molecule has 0 aliphatic carbocycles. The molecule has 4 nitrogen and oxygen atoms in total. The molecule has 4 heteroatoms. The minimum absolute atomic E-state index is 0.224. The van der Waals surface area contributed by atoms with E-state index >= 15 is 0 Å². The number of para-hydroxylation sites is 1. The number of benzene rings is 1. The second-order valence-corrected chi connectivity index (χ2v) is 5.09. The van der Waals surface area contributed by atoms with Crippen LogP contribution in [0.5, 0.6) is 0 Å². The molecule has 0 unspecified atom stereocenters. The van der Waals surface area contributed by atoms with Crippen molar-refractivity contribution in [2.75, 3.05) is 13.1 Å². The Balaban J connectivity index is 1.84. The van der Waals surface area contributed by atoms with Crippen LogP contribution in [0.15, 0.2) is 24.3 Å². The maximum atomic E-state index is 12.1. The average Bonchev–Trinajstić information content (AvgIpc) is 2.82. The molecule has 0 saturated carbocycles. The van der Waals surface area contributed by atoms with Crippen LogP contribution in [-0.2, 0) is 17.8 Å². The van der Waals surface area contributed by atoms with Gasteiger partial charge >= 0.3 is 0 Å². The molecule has 1 aromatic heterocycles. The first-order valence-electron chi connectivity index (χ1n) is 6.86. The molecule has 2 aromatic rings. The summed E-state index contributed by atoms with van der Waals surface area (Å²) in [5, 5.41) is 1.24. The number of nitrogens with zero attached hydrogens (tertiary/aromatic N) is 1. The minimum atomic E-state index is 0.224. The van der Waals surface area contributed by atoms with Gasteiger partial charge in [-0.25, -0.2) is 0 Å². The maximum Gasteiger partial charge on any atom is 0.222 e. The zero-order valence-corrected chi connectivity index (χ0v) is 11.0. The Morgan fingerprint density at radius 1 is 1.37 bits per heavy atom. The number of nitrogens with two attached hydrogens (primary N) is 1. The van der Waals surface area contributed by atoms with Crippen LogP contribution in [-0.4, -0.2) is 28.9 Å². The summed E-state index contributed by atoms with van der Waals surface area (Å²) >= 11 is 0. The topological polar surface area (TPSA) is 62.1 Å². The van der Waals surface area contributed by atoms with Crippen molar-refractivity contribution in [3.63, 3.8) is 0 Å². The molecule has 0 atom stereocenters. The Bertz CT molecular complexity index is 602. The van der Waals surface area contributed by atoms with Crippen LogP contribution in [0.1, 0.15) is 24.1 Å². The summed E-state index contributed by atoms with van der Waals surface area (Å²) in [5.41, 5.74) is 9.20. The Kier molecular flexibility index (Phi) is 3.25. The lowest BCUT2D eigenvalue weighted by Crippen LogP contribution is -2.35. The van der Waals surface area contributed by atoms with Gasteiger partial charge in [0, 0.05) is 48.1 Å². The molecule has 1 aromatic carbocycles. The molecule has 3 N–H and O–H groups in total. The third kappa shape index (κ3) is 2.24. The van der Waals surface area contributed by atoms with Crippen LogP contribution in [0, 0.1) is 0 Å². The van der Waals surface area contributed by atoms with Crippen LogP contribution < -0.4 is 5.73 Å². The number of rotatable bonds is 3. The average molecular weight is 257 g/mol. The highest BCUT2D eigenvalue weighted by molar-refractivity contribution is 5.86. The van der Waals surface area contributed by atoms with Crippen molar-refractivity contribution in [2.45, 2.75) is 25.8 Å². The van der Waals surface area contributed by atoms with Gasteiger partial charge in [-0.05, 0) is 19.0 Å². The van der Waals surface area contributed by atoms with Crippen molar-refractivity contribution in [1.29, 1.82) is 0 Å². The van der Waals surface area contributed by atoms with Crippen LogP contribution in [0.4, 0.5) is 0 Å². The third-order valence-corrected chi connectivity index (χ3v) is 3.83. The van der Waals surface area contributed by atoms with E-state index in [9.17, 15) is 4.79 Å². The van der Waals surface area contributed by atoms with Crippen LogP contribution in [0.25, 0.3) is 10.9 Å². The van der Waals surface area contributed by atoms with E-state index in [2.05, 4.69) is 17.1 Å². The van der Waals surface area contributed by atoms with Crippen molar-refractivity contribution in [3.05, 3.63) is 35.5 Å². The molecule has 0 fully saturated rings. The lowest BCUT2D eigenvalue weighted by atomic mass is 10.0. The van der Waals surface area contributed by atoms with Gasteiger partial charge in [-0.3, -0.25) is 4.79 Å². The fourth-order valence-electron chi connectivity index (χ4n) is 2.79. The number of carbonyl (C=O) groups is 1. The normalized spacial score (nSPS) is 14.7. The highest BCUT2D eigenvalue weighted by Gasteiger charge is 2.23. The van der Waals surface area contributed by atoms with Crippen molar-refractivity contribution in [2.24, 2.45) is 5.73 Å². The van der Waals surface area contributed by atoms with E-state index in [-0.39, 0.29) is 5.91 Å². The number of hydrogen-bond donors (Lipinski definition) is 2. The van der Waals surface area contributed by atoms with Gasteiger partial charge in [0.2, 0.25) is 5.91 Å². The summed E-state index contributed by atoms with van der Waals surface area (Å²) in [7, 11) is 0. The van der Waals surface area contributed by atoms with Gasteiger partial charge in [-0.1, -0.05) is 18.2 Å². The quantitative estimate of drug-likeness (QED) is 0.880. The number of aromatic amines is 1. The lowest BCUT2D eigenvalue weighted by molar-refractivity contribution is -0.132. The number of nitrogens with one attached hydrogen (secondary N) is 1. The Morgan fingerprint density at radius 2 is 2.21 bits per heavy atom. The van der Waals surface area contributed by atoms with E-state index in [0.29, 0.717) is 13.0 Å². The second-order valence-electron chi connectivity index (χ2n) is 5.09. The Labute approximate surface area is 112 Å². The summed E-state index contributed by atoms with van der Waals surface area (Å²) in [6.07, 6.45) is 2.25. The second kappa shape index (κ2) is 5.05. The standard InChI is InChI=1S/C15H19N3O/c16-8-3-6-15(19)18-9-7-14-12(10-18)11-4-1-2-5-13(11)17-14/h1-2,4-5,17H,3,6-10,16H2. The molecule has 19 heavy (non-hydrogen) atoms. The predicted molar refractivity (Wildman–Crippen MR) is 75.7 cm³/mol. The van der Waals surface area contributed by atoms with Crippen molar-refractivity contribution in [3.8, 4) is 0 Å². The van der Waals surface area contributed by atoms with Gasteiger partial charge in [-0.15, -0.1) is 0 Å². The number of fused-ring (bicyclic) bond motifs is 3. The van der Waals surface area contributed by atoms with E-state index in [4.69, 9.17) is 5.73 Å². The van der Waals surface area contributed by atoms with E-state index < -0.39 is 0 Å². The summed E-state index contributed by atoms with van der Waals surface area (Å²) < 4.78 is 0. The zero-order valence-electron chi connectivity index (χ0n) is 11.0. The first kappa shape index (κ1) is 12.2. The van der Waals surface area contributed by atoms with Gasteiger partial charge in [0.15, 0.2) is 0 Å². The monoisotopic (exact) mass is 257 g/mol. The van der Waals surface area contributed by atoms with Crippen LogP contribution >= 0.6 is 0 Å². The van der Waals surface area contributed by atoms with E-state index in [1.54, 1.807) is 0 Å². The van der Waals surface area contributed by atoms with Gasteiger partial charge in [0.25, 0.3) is 0 Å². The number of amides is 1. The summed E-state index contributed by atoms with van der Waals surface area (Å²) in [4.78, 5) is 17.5. The molecule has 100 valence electrons. The number of aromatic nitrogens is 1. The van der Waals surface area contributed by atoms with E-state index in [0.717, 1.165) is 25.9 Å². The van der Waals surface area contributed by atoms with Gasteiger partial charge < -0.3 is 15.6 Å². The number of hydrogen-bond acceptors (Lipinski definition) is 2. The van der Waals surface area contributed by atoms with Crippen molar-refractivity contribution in [1.82, 2.24) is 9.88 Å². The van der Waals surface area contributed by atoms with Gasteiger partial charge in [0.05, 0.1) is 0 Å². The number of carbonyl (C=O) groups excluding carboxylic acids is 1. The lowest BCUT2D eigenvalue weighted by Gasteiger charge is -2.27. The van der Waals surface area contributed by atoms with Gasteiger partial charge in [-0.2, -0.15) is 0 Å². The summed E-state index contributed by atoms with van der Waals surface area (Å²) in [5.74, 6) is 0.224. The summed E-state index contributed by atoms with van der Waals surface area (Å²) in [6.45, 7) is 2.11. The van der Waals surface area contributed by atoms with Crippen LogP contribution in [0.2, 0.25) is 0 Å². The molecule has 1 aliphatic heterocycles. The third-order valence-electron chi connectivity index (χ3n) is 3.83. The van der Waals surface area contributed by atoms with Crippen LogP contribution in [0.3, 0.4) is 0 Å². The predicted octanol–water partition coefficient (Wildman–Crippen LogP) is 1.79. The molecule has 1 amide bonds. The maximum absolute atomic E-state index is 12.1. The highest BCUT2D eigenvalue weighted by atomic mass is 16.2. The molecular weight excluding hydrogens is 238 g/mol. The molecule has 0 spiro atoms. The van der Waals surface area contributed by atoms with Gasteiger partial charge in [0.1, 0.15) is 0 Å². The first-order chi connectivity index (χ1) is 9.29. The minimum Gasteiger partial charge on any atom is -0.358 e. The summed E-state index contributed by atoms with van der Waals surface area (Å²) in [6, 6.07) is 8.30. The number of H-pyrrole nitrogens is 1. The smallest absolute Gasteiger partial charge is 0.222 e. The molecule has 0 bridgehead atoms. The highest BCUT2D eigenvalue weighted by Crippen LogP contribution is 2.27.